The summed E-state index contributed by atoms with van der Waals surface area (Å²) in [6, 6.07) is 7.88. The summed E-state index contributed by atoms with van der Waals surface area (Å²) in [5.41, 5.74) is -2.00. The van der Waals surface area contributed by atoms with Crippen molar-refractivity contribution in [1.29, 1.82) is 0 Å². The molecule has 3 aromatic rings. The Kier molecular flexibility index (Phi) is 7.85. The van der Waals surface area contributed by atoms with Gasteiger partial charge in [-0.1, -0.05) is 43.4 Å². The van der Waals surface area contributed by atoms with Crippen molar-refractivity contribution in [2.75, 3.05) is 6.54 Å². The Balaban J connectivity index is 1.57. The summed E-state index contributed by atoms with van der Waals surface area (Å²) >= 11 is 7.58. The molecule has 3 N–H and O–H groups in total. The normalized spacial score (nSPS) is 16.4. The second kappa shape index (κ2) is 10.9. The lowest BCUT2D eigenvalue weighted by Gasteiger charge is -2.26. The SMILES string of the molecule is O=C(NCC1(O)CCCCCC1)c1cc(-n2ncc(=O)n(CC(O)c3cccs3)c2=O)ccc1Cl. The molecule has 1 amide bonds. The minimum atomic E-state index is -1.03. The van der Waals surface area contributed by atoms with E-state index in [0.717, 1.165) is 41.1 Å². The maximum absolute atomic E-state index is 13.1. The number of carbonyl (C=O) groups is 1. The Morgan fingerprint density at radius 1 is 1.20 bits per heavy atom. The van der Waals surface area contributed by atoms with Crippen molar-refractivity contribution in [3.8, 4) is 5.69 Å². The van der Waals surface area contributed by atoms with Crippen LogP contribution in [0.25, 0.3) is 5.69 Å². The van der Waals surface area contributed by atoms with Gasteiger partial charge in [-0.05, 0) is 42.5 Å². The van der Waals surface area contributed by atoms with Crippen molar-refractivity contribution in [2.45, 2.75) is 56.8 Å². The van der Waals surface area contributed by atoms with Gasteiger partial charge in [-0.3, -0.25) is 14.2 Å². The summed E-state index contributed by atoms with van der Waals surface area (Å²) in [4.78, 5) is 38.9. The van der Waals surface area contributed by atoms with E-state index < -0.39 is 28.9 Å². The molecule has 0 bridgehead atoms. The molecule has 2 aromatic heterocycles. The first kappa shape index (κ1) is 25.3. The molecule has 0 spiro atoms. The first-order valence-corrected chi connectivity index (χ1v) is 12.7. The number of aliphatic hydroxyl groups is 2. The van der Waals surface area contributed by atoms with E-state index >= 15 is 0 Å². The summed E-state index contributed by atoms with van der Waals surface area (Å²) in [6.07, 6.45) is 5.16. The number of thiophene rings is 1. The molecule has 11 heteroatoms. The van der Waals surface area contributed by atoms with E-state index in [1.165, 1.54) is 29.5 Å². The monoisotopic (exact) mass is 518 g/mol. The highest BCUT2D eigenvalue weighted by atomic mass is 35.5. The van der Waals surface area contributed by atoms with Gasteiger partial charge < -0.3 is 15.5 Å². The molecule has 0 saturated heterocycles. The minimum absolute atomic E-state index is 0.107. The van der Waals surface area contributed by atoms with Gasteiger partial charge in [0, 0.05) is 11.4 Å². The molecule has 0 aliphatic heterocycles. The number of carbonyl (C=O) groups excluding carboxylic acids is 1. The Bertz CT molecular complexity index is 1300. The fourth-order valence-corrected chi connectivity index (χ4v) is 5.15. The van der Waals surface area contributed by atoms with Gasteiger partial charge in [-0.15, -0.1) is 11.3 Å². The number of nitrogens with one attached hydrogen (secondary N) is 1. The summed E-state index contributed by atoms with van der Waals surface area (Å²) < 4.78 is 1.88. The van der Waals surface area contributed by atoms with E-state index in [4.69, 9.17) is 11.6 Å². The van der Waals surface area contributed by atoms with Crippen molar-refractivity contribution in [1.82, 2.24) is 19.7 Å². The molecule has 186 valence electrons. The number of rotatable bonds is 7. The average Bonchev–Trinajstić information content (AvgIpc) is 3.30. The van der Waals surface area contributed by atoms with Crippen LogP contribution in [-0.4, -0.2) is 42.6 Å². The van der Waals surface area contributed by atoms with Gasteiger partial charge >= 0.3 is 5.69 Å². The number of hydrogen-bond donors (Lipinski definition) is 3. The van der Waals surface area contributed by atoms with Gasteiger partial charge in [0.15, 0.2) is 0 Å². The van der Waals surface area contributed by atoms with Crippen LogP contribution in [0, 0.1) is 0 Å². The zero-order chi connectivity index (χ0) is 25.0. The zero-order valence-electron chi connectivity index (χ0n) is 19.0. The average molecular weight is 519 g/mol. The molecule has 1 aliphatic rings. The van der Waals surface area contributed by atoms with Gasteiger partial charge in [0.25, 0.3) is 11.5 Å². The minimum Gasteiger partial charge on any atom is -0.388 e. The molecule has 1 fully saturated rings. The molecular weight excluding hydrogens is 492 g/mol. The lowest BCUT2D eigenvalue weighted by Crippen LogP contribution is -2.43. The predicted octanol–water partition coefficient (Wildman–Crippen LogP) is 2.66. The number of nitrogens with zero attached hydrogens (tertiary/aromatic N) is 3. The van der Waals surface area contributed by atoms with E-state index in [9.17, 15) is 24.6 Å². The Morgan fingerprint density at radius 2 is 1.94 bits per heavy atom. The maximum atomic E-state index is 13.1. The third-order valence-corrected chi connectivity index (χ3v) is 7.54. The lowest BCUT2D eigenvalue weighted by molar-refractivity contribution is 0.0246. The van der Waals surface area contributed by atoms with Crippen molar-refractivity contribution >= 4 is 28.8 Å². The first-order valence-electron chi connectivity index (χ1n) is 11.5. The third kappa shape index (κ3) is 5.90. The van der Waals surface area contributed by atoms with Crippen LogP contribution in [0.2, 0.25) is 5.02 Å². The van der Waals surface area contributed by atoms with E-state index in [2.05, 4.69) is 10.4 Å². The van der Waals surface area contributed by atoms with Crippen molar-refractivity contribution in [2.24, 2.45) is 0 Å². The largest absolute Gasteiger partial charge is 0.388 e. The van der Waals surface area contributed by atoms with E-state index in [1.807, 2.05) is 0 Å². The van der Waals surface area contributed by atoms with E-state index in [1.54, 1.807) is 17.5 Å². The molecule has 4 rings (SSSR count). The Labute approximate surface area is 210 Å². The number of hydrogen-bond acceptors (Lipinski definition) is 7. The van der Waals surface area contributed by atoms with E-state index in [0.29, 0.717) is 17.7 Å². The van der Waals surface area contributed by atoms with Gasteiger partial charge in [-0.2, -0.15) is 9.78 Å². The molecule has 0 radical (unpaired) electrons. The smallest absolute Gasteiger partial charge is 0.352 e. The number of amides is 1. The van der Waals surface area contributed by atoms with Crippen LogP contribution < -0.4 is 16.6 Å². The fourth-order valence-electron chi connectivity index (χ4n) is 4.25. The molecule has 2 heterocycles. The predicted molar refractivity (Wildman–Crippen MR) is 133 cm³/mol. The molecule has 9 nitrogen and oxygen atoms in total. The highest BCUT2D eigenvalue weighted by Gasteiger charge is 2.29. The number of aromatic nitrogens is 3. The summed E-state index contributed by atoms with van der Waals surface area (Å²) in [6.45, 7) is -0.129. The maximum Gasteiger partial charge on any atom is 0.352 e. The summed E-state index contributed by atoms with van der Waals surface area (Å²) in [5.74, 6) is -0.482. The Morgan fingerprint density at radius 3 is 2.63 bits per heavy atom. The molecular formula is C24H27ClN4O5S. The zero-order valence-corrected chi connectivity index (χ0v) is 20.6. The second-order valence-electron chi connectivity index (χ2n) is 8.80. The van der Waals surface area contributed by atoms with Crippen LogP contribution in [0.5, 0.6) is 0 Å². The number of benzene rings is 1. The van der Waals surface area contributed by atoms with Gasteiger partial charge in [0.2, 0.25) is 0 Å². The number of halogens is 1. The highest BCUT2D eigenvalue weighted by molar-refractivity contribution is 7.10. The van der Waals surface area contributed by atoms with Crippen LogP contribution in [0.3, 0.4) is 0 Å². The standard InChI is InChI=1S/C24H27ClN4O5S/c25-18-8-7-16(12-17(18)22(32)26-15-24(34)9-3-1-2-4-10-24)29-23(33)28(21(31)13-27-29)14-19(30)20-6-5-11-35-20/h5-8,11-13,19,30,34H,1-4,9-10,14-15H2,(H,26,32). The molecule has 1 aromatic carbocycles. The second-order valence-corrected chi connectivity index (χ2v) is 10.2. The topological polar surface area (TPSA) is 126 Å². The van der Waals surface area contributed by atoms with Crippen LogP contribution in [0.1, 0.15) is 59.9 Å². The van der Waals surface area contributed by atoms with Crippen molar-refractivity contribution in [3.63, 3.8) is 0 Å². The van der Waals surface area contributed by atoms with Crippen LogP contribution in [-0.2, 0) is 6.54 Å². The molecule has 35 heavy (non-hydrogen) atoms. The molecule has 1 aliphatic carbocycles. The highest BCUT2D eigenvalue weighted by Crippen LogP contribution is 2.27. The Hall–Kier alpha value is -2.79. The summed E-state index contributed by atoms with van der Waals surface area (Å²) in [5, 5.41) is 29.9. The number of aliphatic hydroxyl groups excluding tert-OH is 1. The molecule has 1 atom stereocenters. The van der Waals surface area contributed by atoms with Gasteiger partial charge in [0.05, 0.1) is 28.4 Å². The first-order chi connectivity index (χ1) is 16.8. The summed E-state index contributed by atoms with van der Waals surface area (Å²) in [7, 11) is 0. The molecule has 1 saturated carbocycles. The van der Waals surface area contributed by atoms with E-state index in [-0.39, 0.29) is 29.4 Å². The van der Waals surface area contributed by atoms with Crippen LogP contribution in [0.15, 0.2) is 51.5 Å². The van der Waals surface area contributed by atoms with Gasteiger partial charge in [-0.25, -0.2) is 4.79 Å². The lowest BCUT2D eigenvalue weighted by atomic mass is 9.94. The van der Waals surface area contributed by atoms with Crippen LogP contribution in [0.4, 0.5) is 0 Å². The van der Waals surface area contributed by atoms with Crippen LogP contribution >= 0.6 is 22.9 Å². The van der Waals surface area contributed by atoms with Crippen molar-refractivity contribution in [3.05, 3.63) is 78.2 Å². The third-order valence-electron chi connectivity index (χ3n) is 6.24. The van der Waals surface area contributed by atoms with Crippen molar-refractivity contribution < 1.29 is 15.0 Å². The fraction of sp³-hybridized carbons (Fsp3) is 0.417. The quantitative estimate of drug-likeness (QED) is 0.413. The molecule has 1 unspecified atom stereocenters. The van der Waals surface area contributed by atoms with Gasteiger partial charge in [0.1, 0.15) is 12.3 Å².